The minimum absolute atomic E-state index is 0.0855. The highest BCUT2D eigenvalue weighted by Gasteiger charge is 2.08. The molecule has 0 saturated heterocycles. The van der Waals surface area contributed by atoms with Gasteiger partial charge in [-0.3, -0.25) is 0 Å². The van der Waals surface area contributed by atoms with E-state index in [1.165, 1.54) is 19.2 Å². The van der Waals surface area contributed by atoms with Gasteiger partial charge in [-0.15, -0.1) is 0 Å². The van der Waals surface area contributed by atoms with Crippen LogP contribution in [0.5, 0.6) is 0 Å². The van der Waals surface area contributed by atoms with Gasteiger partial charge < -0.3 is 10.6 Å². The van der Waals surface area contributed by atoms with Crippen molar-refractivity contribution < 1.29 is 17.6 Å². The van der Waals surface area contributed by atoms with Crippen LogP contribution in [0, 0.1) is 5.82 Å². The molecule has 0 bridgehead atoms. The summed E-state index contributed by atoms with van der Waals surface area (Å²) in [6.07, 6.45) is 0.541. The van der Waals surface area contributed by atoms with Crippen molar-refractivity contribution in [2.24, 2.45) is 0 Å². The molecule has 0 aromatic heterocycles. The second-order valence-corrected chi connectivity index (χ2v) is 7.70. The second-order valence-electron chi connectivity index (χ2n) is 5.77. The van der Waals surface area contributed by atoms with Crippen molar-refractivity contribution in [2.75, 3.05) is 13.6 Å². The smallest absolute Gasteiger partial charge is 0.315 e. The largest absolute Gasteiger partial charge is 0.338 e. The molecule has 26 heavy (non-hydrogen) atoms. The fourth-order valence-corrected chi connectivity index (χ4v) is 3.08. The lowest BCUT2D eigenvalue weighted by molar-refractivity contribution is 0.240. The Labute approximate surface area is 152 Å². The topological polar surface area (TPSA) is 87.3 Å². The summed E-state index contributed by atoms with van der Waals surface area (Å²) in [5.41, 5.74) is 2.34. The van der Waals surface area contributed by atoms with Crippen molar-refractivity contribution in [1.29, 1.82) is 0 Å². The third-order valence-electron chi connectivity index (χ3n) is 3.73. The Kier molecular flexibility index (Phi) is 7.11. The van der Waals surface area contributed by atoms with Crippen molar-refractivity contribution in [1.82, 2.24) is 15.4 Å². The van der Waals surface area contributed by atoms with E-state index in [1.54, 1.807) is 36.4 Å². The zero-order valence-corrected chi connectivity index (χ0v) is 15.3. The van der Waals surface area contributed by atoms with Crippen molar-refractivity contribution >= 4 is 16.1 Å². The highest BCUT2D eigenvalue weighted by Crippen LogP contribution is 2.08. The zero-order valence-electron chi connectivity index (χ0n) is 14.5. The Hall–Kier alpha value is -2.45. The summed E-state index contributed by atoms with van der Waals surface area (Å²) in [5.74, 6) is -0.379. The fraction of sp³-hybridized carbons (Fsp3) is 0.278. The molecular weight excluding hydrogens is 357 g/mol. The van der Waals surface area contributed by atoms with Crippen LogP contribution >= 0.6 is 0 Å². The Morgan fingerprint density at radius 2 is 1.69 bits per heavy atom. The first-order chi connectivity index (χ1) is 12.4. The predicted molar refractivity (Wildman–Crippen MR) is 98.5 cm³/mol. The first-order valence-electron chi connectivity index (χ1n) is 8.13. The van der Waals surface area contributed by atoms with Crippen LogP contribution in [0.2, 0.25) is 0 Å². The zero-order chi connectivity index (χ0) is 19.0. The van der Waals surface area contributed by atoms with Gasteiger partial charge >= 0.3 is 6.03 Å². The van der Waals surface area contributed by atoms with E-state index in [0.717, 1.165) is 11.1 Å². The lowest BCUT2D eigenvalue weighted by Crippen LogP contribution is -2.36. The minimum Gasteiger partial charge on any atom is -0.338 e. The van der Waals surface area contributed by atoms with Gasteiger partial charge in [0.05, 0.1) is 5.75 Å². The number of amides is 2. The molecule has 0 aliphatic rings. The van der Waals surface area contributed by atoms with E-state index in [2.05, 4.69) is 15.4 Å². The molecule has 0 aliphatic heterocycles. The molecule has 0 unspecified atom stereocenters. The Morgan fingerprint density at radius 3 is 2.35 bits per heavy atom. The summed E-state index contributed by atoms with van der Waals surface area (Å²) >= 11 is 0. The normalized spacial score (nSPS) is 11.2. The van der Waals surface area contributed by atoms with E-state index in [-0.39, 0.29) is 17.6 Å². The monoisotopic (exact) mass is 379 g/mol. The molecule has 0 spiro atoms. The minimum atomic E-state index is -3.30. The Balaban J connectivity index is 1.73. The van der Waals surface area contributed by atoms with Gasteiger partial charge in [0.1, 0.15) is 5.82 Å². The van der Waals surface area contributed by atoms with Gasteiger partial charge in [-0.1, -0.05) is 36.4 Å². The molecule has 0 fully saturated rings. The van der Waals surface area contributed by atoms with Crippen LogP contribution in [0.25, 0.3) is 0 Å². The standard InChI is InChI=1S/C18H22FN3O3S/c1-20-26(24,25)13-16-7-5-15(6-8-16)12-22-18(23)21-10-9-14-3-2-4-17(19)11-14/h2-8,11,20H,9-10,12-13H2,1H3,(H2,21,22,23). The number of urea groups is 1. The molecule has 0 saturated carbocycles. The number of nitrogens with one attached hydrogen (secondary N) is 3. The first kappa shape index (κ1) is 19.9. The molecule has 2 aromatic rings. The first-order valence-corrected chi connectivity index (χ1v) is 9.78. The fourth-order valence-electron chi connectivity index (χ4n) is 2.30. The maximum atomic E-state index is 13.1. The summed E-state index contributed by atoms with van der Waals surface area (Å²) in [4.78, 5) is 11.8. The lowest BCUT2D eigenvalue weighted by atomic mass is 10.1. The van der Waals surface area contributed by atoms with Gasteiger partial charge in [0.15, 0.2) is 0 Å². The van der Waals surface area contributed by atoms with E-state index < -0.39 is 10.0 Å². The van der Waals surface area contributed by atoms with Crippen molar-refractivity contribution in [3.63, 3.8) is 0 Å². The van der Waals surface area contributed by atoms with Crippen LogP contribution in [0.1, 0.15) is 16.7 Å². The highest BCUT2D eigenvalue weighted by atomic mass is 32.2. The summed E-state index contributed by atoms with van der Waals surface area (Å²) < 4.78 is 38.3. The summed E-state index contributed by atoms with van der Waals surface area (Å²) in [6.45, 7) is 0.723. The van der Waals surface area contributed by atoms with E-state index in [9.17, 15) is 17.6 Å². The number of benzene rings is 2. The van der Waals surface area contributed by atoms with Gasteiger partial charge in [0.2, 0.25) is 10.0 Å². The second kappa shape index (κ2) is 9.30. The van der Waals surface area contributed by atoms with Gasteiger partial charge in [0.25, 0.3) is 0 Å². The van der Waals surface area contributed by atoms with Crippen molar-refractivity contribution in [3.05, 3.63) is 71.0 Å². The highest BCUT2D eigenvalue weighted by molar-refractivity contribution is 7.88. The van der Waals surface area contributed by atoms with Crippen molar-refractivity contribution in [3.8, 4) is 0 Å². The average Bonchev–Trinajstić information content (AvgIpc) is 2.61. The molecule has 0 heterocycles. The number of hydrogen-bond donors (Lipinski definition) is 3. The van der Waals surface area contributed by atoms with Gasteiger partial charge in [-0.05, 0) is 42.3 Å². The van der Waals surface area contributed by atoms with Crippen LogP contribution in [-0.2, 0) is 28.7 Å². The molecule has 2 amide bonds. The average molecular weight is 379 g/mol. The number of carbonyl (C=O) groups excluding carboxylic acids is 1. The van der Waals surface area contributed by atoms with Gasteiger partial charge in [-0.25, -0.2) is 22.3 Å². The molecule has 3 N–H and O–H groups in total. The van der Waals surface area contributed by atoms with Crippen LogP contribution in [0.4, 0.5) is 9.18 Å². The lowest BCUT2D eigenvalue weighted by Gasteiger charge is -2.09. The molecule has 8 heteroatoms. The molecule has 0 aliphatic carbocycles. The number of sulfonamides is 1. The molecule has 0 atom stereocenters. The van der Waals surface area contributed by atoms with E-state index in [4.69, 9.17) is 0 Å². The predicted octanol–water partition coefficient (Wildman–Crippen LogP) is 1.92. The third kappa shape index (κ3) is 6.81. The summed E-state index contributed by atoms with van der Waals surface area (Å²) in [7, 11) is -1.92. The van der Waals surface area contributed by atoms with Crippen LogP contribution < -0.4 is 15.4 Å². The number of carbonyl (C=O) groups is 1. The SMILES string of the molecule is CNS(=O)(=O)Cc1ccc(CNC(=O)NCCc2cccc(F)c2)cc1. The van der Waals surface area contributed by atoms with Gasteiger partial charge in [-0.2, -0.15) is 0 Å². The quantitative estimate of drug-likeness (QED) is 0.655. The molecule has 2 rings (SSSR count). The maximum Gasteiger partial charge on any atom is 0.315 e. The van der Waals surface area contributed by atoms with E-state index in [1.807, 2.05) is 0 Å². The van der Waals surface area contributed by atoms with Gasteiger partial charge in [0, 0.05) is 13.1 Å². The van der Waals surface area contributed by atoms with Crippen molar-refractivity contribution in [2.45, 2.75) is 18.7 Å². The molecule has 140 valence electrons. The maximum absolute atomic E-state index is 13.1. The molecule has 0 radical (unpaired) electrons. The van der Waals surface area contributed by atoms with E-state index in [0.29, 0.717) is 25.1 Å². The number of hydrogen-bond acceptors (Lipinski definition) is 3. The van der Waals surface area contributed by atoms with E-state index >= 15 is 0 Å². The number of rotatable bonds is 8. The Bertz CT molecular complexity index is 839. The molecular formula is C18H22FN3O3S. The Morgan fingerprint density at radius 1 is 1.00 bits per heavy atom. The number of halogens is 1. The molecule has 6 nitrogen and oxygen atoms in total. The van der Waals surface area contributed by atoms with Crippen LogP contribution in [-0.4, -0.2) is 28.0 Å². The molecule has 2 aromatic carbocycles. The summed E-state index contributed by atoms with van der Waals surface area (Å²) in [6, 6.07) is 12.9. The van der Waals surface area contributed by atoms with Crippen LogP contribution in [0.3, 0.4) is 0 Å². The third-order valence-corrected chi connectivity index (χ3v) is 5.07. The van der Waals surface area contributed by atoms with Crippen LogP contribution in [0.15, 0.2) is 48.5 Å². The summed E-state index contributed by atoms with van der Waals surface area (Å²) in [5, 5.41) is 5.43.